The van der Waals surface area contributed by atoms with E-state index >= 15 is 0 Å². The van der Waals surface area contributed by atoms with E-state index in [4.69, 9.17) is 5.11 Å². The van der Waals surface area contributed by atoms with Crippen molar-refractivity contribution in [2.75, 3.05) is 11.5 Å². The molecular weight excluding hydrogens is 232 g/mol. The van der Waals surface area contributed by atoms with Gasteiger partial charge >= 0.3 is 5.97 Å². The zero-order chi connectivity index (χ0) is 12.4. The molecule has 5 nitrogen and oxygen atoms in total. The zero-order valence-corrected chi connectivity index (χ0v) is 10.2. The van der Waals surface area contributed by atoms with Crippen molar-refractivity contribution in [1.29, 1.82) is 0 Å². The Morgan fingerprint density at radius 1 is 1.38 bits per heavy atom. The summed E-state index contributed by atoms with van der Waals surface area (Å²) >= 11 is 0. The van der Waals surface area contributed by atoms with Gasteiger partial charge in [-0.25, -0.2) is 13.2 Å². The van der Waals surface area contributed by atoms with Gasteiger partial charge in [0.05, 0.1) is 11.5 Å². The second-order valence-electron chi connectivity index (χ2n) is 4.41. The van der Waals surface area contributed by atoms with Crippen molar-refractivity contribution in [2.24, 2.45) is 5.92 Å². The van der Waals surface area contributed by atoms with Gasteiger partial charge in [0.1, 0.15) is 9.84 Å². The summed E-state index contributed by atoms with van der Waals surface area (Å²) in [5, 5.41) is 19.1. The van der Waals surface area contributed by atoms with E-state index in [0.717, 1.165) is 0 Å². The first-order chi connectivity index (χ1) is 7.32. The highest BCUT2D eigenvalue weighted by molar-refractivity contribution is 7.91. The number of hydrogen-bond donors (Lipinski definition) is 2. The lowest BCUT2D eigenvalue weighted by Crippen LogP contribution is -2.48. The summed E-state index contributed by atoms with van der Waals surface area (Å²) in [6.45, 7) is 1.80. The van der Waals surface area contributed by atoms with Crippen molar-refractivity contribution < 1.29 is 23.4 Å². The van der Waals surface area contributed by atoms with Crippen LogP contribution in [0.5, 0.6) is 0 Å². The molecule has 1 atom stereocenters. The third kappa shape index (κ3) is 2.74. The minimum absolute atomic E-state index is 0.0169. The van der Waals surface area contributed by atoms with Crippen LogP contribution >= 0.6 is 0 Å². The molecule has 0 aromatic heterocycles. The van der Waals surface area contributed by atoms with Gasteiger partial charge < -0.3 is 10.2 Å². The van der Waals surface area contributed by atoms with Gasteiger partial charge in [0.2, 0.25) is 0 Å². The molecule has 0 radical (unpaired) electrons. The van der Waals surface area contributed by atoms with Crippen LogP contribution in [0.25, 0.3) is 0 Å². The molecule has 0 spiro atoms. The highest BCUT2D eigenvalue weighted by Crippen LogP contribution is 2.33. The van der Waals surface area contributed by atoms with Crippen molar-refractivity contribution in [3.8, 4) is 0 Å². The fraction of sp³-hybridized carbons (Fsp3) is 0.900. The monoisotopic (exact) mass is 250 g/mol. The molecule has 0 aromatic carbocycles. The zero-order valence-electron chi connectivity index (χ0n) is 9.35. The van der Waals surface area contributed by atoms with E-state index in [0.29, 0.717) is 6.42 Å². The van der Waals surface area contributed by atoms with Gasteiger partial charge in [0, 0.05) is 5.92 Å². The van der Waals surface area contributed by atoms with Gasteiger partial charge in [-0.2, -0.15) is 0 Å². The highest BCUT2D eigenvalue weighted by Gasteiger charge is 2.45. The second kappa shape index (κ2) is 4.71. The molecule has 0 saturated carbocycles. The molecule has 0 aliphatic carbocycles. The Hall–Kier alpha value is -0.620. The number of sulfone groups is 1. The van der Waals surface area contributed by atoms with Gasteiger partial charge in [-0.3, -0.25) is 0 Å². The Morgan fingerprint density at radius 2 is 1.88 bits per heavy atom. The number of hydrogen-bond acceptors (Lipinski definition) is 4. The Morgan fingerprint density at radius 3 is 2.25 bits per heavy atom. The lowest BCUT2D eigenvalue weighted by Gasteiger charge is -2.34. The van der Waals surface area contributed by atoms with Crippen LogP contribution in [0.4, 0.5) is 0 Å². The maximum Gasteiger partial charge on any atom is 0.335 e. The summed E-state index contributed by atoms with van der Waals surface area (Å²) in [5.41, 5.74) is -1.76. The van der Waals surface area contributed by atoms with Gasteiger partial charge in [0.15, 0.2) is 5.60 Å². The molecular formula is C10H18O5S. The van der Waals surface area contributed by atoms with Gasteiger partial charge in [-0.05, 0) is 19.3 Å². The molecule has 1 aliphatic rings. The Bertz CT molecular complexity index is 347. The van der Waals surface area contributed by atoms with Crippen LogP contribution < -0.4 is 0 Å². The molecule has 1 fully saturated rings. The summed E-state index contributed by atoms with van der Waals surface area (Å²) < 4.78 is 22.4. The molecule has 1 unspecified atom stereocenters. The van der Waals surface area contributed by atoms with Gasteiger partial charge in [0.25, 0.3) is 0 Å². The Kier molecular flexibility index (Phi) is 3.96. The van der Waals surface area contributed by atoms with Crippen molar-refractivity contribution in [1.82, 2.24) is 0 Å². The minimum Gasteiger partial charge on any atom is -0.479 e. The van der Waals surface area contributed by atoms with Crippen molar-refractivity contribution in [3.05, 3.63) is 0 Å². The van der Waals surface area contributed by atoms with E-state index in [1.165, 1.54) is 0 Å². The number of carboxylic acid groups (broad SMARTS) is 1. The molecule has 6 heteroatoms. The van der Waals surface area contributed by atoms with Crippen LogP contribution in [-0.2, 0) is 14.6 Å². The predicted octanol–water partition coefficient (Wildman–Crippen LogP) is 0.427. The van der Waals surface area contributed by atoms with Crippen molar-refractivity contribution in [3.63, 3.8) is 0 Å². The van der Waals surface area contributed by atoms with Gasteiger partial charge in [-0.15, -0.1) is 0 Å². The van der Waals surface area contributed by atoms with Crippen LogP contribution in [0.3, 0.4) is 0 Å². The van der Waals surface area contributed by atoms with E-state index in [9.17, 15) is 18.3 Å². The summed E-state index contributed by atoms with van der Waals surface area (Å²) in [4.78, 5) is 11.1. The fourth-order valence-corrected chi connectivity index (χ4v) is 3.73. The molecule has 94 valence electrons. The Balaban J connectivity index is 2.79. The molecule has 1 heterocycles. The molecule has 0 bridgehead atoms. The lowest BCUT2D eigenvalue weighted by molar-refractivity contribution is -0.166. The average Bonchev–Trinajstić information content (AvgIpc) is 2.17. The molecule has 2 N–H and O–H groups in total. The topological polar surface area (TPSA) is 91.7 Å². The van der Waals surface area contributed by atoms with E-state index in [-0.39, 0.29) is 30.8 Å². The van der Waals surface area contributed by atoms with E-state index < -0.39 is 27.3 Å². The molecule has 1 rings (SSSR count). The highest BCUT2D eigenvalue weighted by atomic mass is 32.2. The lowest BCUT2D eigenvalue weighted by atomic mass is 9.80. The third-order valence-electron chi connectivity index (χ3n) is 3.23. The largest absolute Gasteiger partial charge is 0.479 e. The molecule has 0 amide bonds. The number of aliphatic hydroxyl groups is 1. The smallest absolute Gasteiger partial charge is 0.335 e. The number of aliphatic carboxylic acids is 1. The van der Waals surface area contributed by atoms with Crippen molar-refractivity contribution in [2.45, 2.75) is 38.2 Å². The summed E-state index contributed by atoms with van der Waals surface area (Å²) in [5.74, 6) is -1.72. The molecule has 16 heavy (non-hydrogen) atoms. The van der Waals surface area contributed by atoms with E-state index in [1.807, 2.05) is 0 Å². The van der Waals surface area contributed by atoms with Crippen LogP contribution in [0.2, 0.25) is 0 Å². The van der Waals surface area contributed by atoms with E-state index in [2.05, 4.69) is 0 Å². The number of carbonyl (C=O) groups is 1. The second-order valence-corrected chi connectivity index (χ2v) is 6.71. The first-order valence-corrected chi connectivity index (χ1v) is 7.30. The standard InChI is InChI=1S/C10H18O5S/c1-2-5-10(13,9(11)12)8-3-6-16(14,15)7-4-8/h8,13H,2-7H2,1H3,(H,11,12). The SMILES string of the molecule is CCCC(O)(C(=O)O)C1CCS(=O)(=O)CC1. The Labute approximate surface area is 95.4 Å². The number of rotatable bonds is 4. The normalized spacial score (nSPS) is 24.9. The maximum atomic E-state index is 11.2. The summed E-state index contributed by atoms with van der Waals surface area (Å²) in [6, 6.07) is 0. The predicted molar refractivity (Wildman–Crippen MR) is 58.9 cm³/mol. The molecule has 1 aliphatic heterocycles. The summed E-state index contributed by atoms with van der Waals surface area (Å²) in [6.07, 6.45) is 1.22. The summed E-state index contributed by atoms with van der Waals surface area (Å²) in [7, 11) is -3.02. The quantitative estimate of drug-likeness (QED) is 0.754. The average molecular weight is 250 g/mol. The minimum atomic E-state index is -3.02. The molecule has 1 saturated heterocycles. The van der Waals surface area contributed by atoms with E-state index in [1.54, 1.807) is 6.92 Å². The van der Waals surface area contributed by atoms with Crippen LogP contribution in [-0.4, -0.2) is 41.7 Å². The van der Waals surface area contributed by atoms with Crippen LogP contribution in [0.1, 0.15) is 32.6 Å². The first-order valence-electron chi connectivity index (χ1n) is 5.48. The van der Waals surface area contributed by atoms with Crippen LogP contribution in [0.15, 0.2) is 0 Å². The maximum absolute atomic E-state index is 11.2. The third-order valence-corrected chi connectivity index (χ3v) is 4.95. The van der Waals surface area contributed by atoms with Crippen molar-refractivity contribution >= 4 is 15.8 Å². The number of carboxylic acids is 1. The van der Waals surface area contributed by atoms with Gasteiger partial charge in [-0.1, -0.05) is 13.3 Å². The molecule has 0 aromatic rings. The fourth-order valence-electron chi connectivity index (χ4n) is 2.23. The van der Waals surface area contributed by atoms with Crippen LogP contribution in [0, 0.1) is 5.92 Å². The first kappa shape index (κ1) is 13.4.